The van der Waals surface area contributed by atoms with E-state index in [-0.39, 0.29) is 62.7 Å². The van der Waals surface area contributed by atoms with Crippen LogP contribution in [0.5, 0.6) is 0 Å². The van der Waals surface area contributed by atoms with Gasteiger partial charge >= 0.3 is 6.18 Å². The largest absolute Gasteiger partial charge is 0.413 e. The molecule has 1 atom stereocenters. The maximum atomic E-state index is 13.9. The first kappa shape index (κ1) is 29.2. The Hall–Kier alpha value is -4.84. The summed E-state index contributed by atoms with van der Waals surface area (Å²) in [6, 6.07) is 10.6. The van der Waals surface area contributed by atoms with Crippen molar-refractivity contribution in [1.82, 2.24) is 25.0 Å². The molecule has 0 amide bonds. The SMILES string of the molecule is [B]C(Nc1cc(Cl)c2ncc(C#N)c(Nc3cnc(F)c(F)c3)c2c1)(c1ccc(F)cc1)c1cn(C2(C(F)(F)F)CC2)nn1. The minimum Gasteiger partial charge on any atom is -0.378 e. The Morgan fingerprint density at radius 3 is 2.36 bits per heavy atom. The highest BCUT2D eigenvalue weighted by Gasteiger charge is 2.66. The van der Waals surface area contributed by atoms with E-state index in [2.05, 4.69) is 30.9 Å². The molecule has 0 spiro atoms. The van der Waals surface area contributed by atoms with Crippen molar-refractivity contribution in [3.63, 3.8) is 0 Å². The first-order valence-electron chi connectivity index (χ1n) is 12.8. The van der Waals surface area contributed by atoms with E-state index in [1.807, 2.05) is 6.07 Å². The zero-order chi connectivity index (χ0) is 31.4. The molecule has 2 N–H and O–H groups in total. The van der Waals surface area contributed by atoms with Crippen molar-refractivity contribution in [3.8, 4) is 6.07 Å². The van der Waals surface area contributed by atoms with E-state index >= 15 is 0 Å². The number of pyridine rings is 2. The number of halogens is 7. The number of anilines is 3. The van der Waals surface area contributed by atoms with Crippen molar-refractivity contribution in [3.05, 3.63) is 100 Å². The summed E-state index contributed by atoms with van der Waals surface area (Å²) in [5.41, 5.74) is -3.44. The zero-order valence-corrected chi connectivity index (χ0v) is 22.9. The number of fused-ring (bicyclic) bond motifs is 1. The first-order chi connectivity index (χ1) is 20.8. The van der Waals surface area contributed by atoms with Crippen LogP contribution in [0.3, 0.4) is 0 Å². The van der Waals surface area contributed by atoms with Gasteiger partial charge in [0.15, 0.2) is 11.4 Å². The zero-order valence-electron chi connectivity index (χ0n) is 22.1. The third-order valence-corrected chi connectivity index (χ3v) is 7.63. The molecule has 0 bridgehead atoms. The summed E-state index contributed by atoms with van der Waals surface area (Å²) in [6.07, 6.45) is -1.61. The van der Waals surface area contributed by atoms with Gasteiger partial charge in [-0.25, -0.2) is 18.4 Å². The van der Waals surface area contributed by atoms with Crippen LogP contribution in [0.1, 0.15) is 29.7 Å². The Balaban J connectivity index is 1.47. The number of hydrogen-bond donors (Lipinski definition) is 2. The standard InChI is InChI=1S/C28H16BClF6N8/c29-27(15-1-3-16(31)4-2-15,22-13-44(43-42-22)26(5-6-26)28(34,35)36)41-17-7-19-23(40-18-9-21(32)25(33)39-12-18)14(10-37)11-38-24(19)20(30)8-17/h1-4,7-9,11-13,41H,5-6H2,(H,38,40). The molecular formula is C28H16BClF6N8. The molecule has 2 radical (unpaired) electrons. The molecule has 16 heteroatoms. The number of nitrogens with zero attached hydrogens (tertiary/aromatic N) is 6. The van der Waals surface area contributed by atoms with Crippen molar-refractivity contribution >= 4 is 47.4 Å². The highest BCUT2D eigenvalue weighted by molar-refractivity contribution is 6.36. The number of hydrogen-bond acceptors (Lipinski definition) is 7. The minimum absolute atomic E-state index is 0.0113. The van der Waals surface area contributed by atoms with E-state index in [1.165, 1.54) is 30.5 Å². The Labute approximate surface area is 251 Å². The summed E-state index contributed by atoms with van der Waals surface area (Å²) in [5, 5.41) is 23.6. The molecule has 220 valence electrons. The molecule has 2 aromatic carbocycles. The molecule has 1 aliphatic rings. The van der Waals surface area contributed by atoms with Crippen LogP contribution in [-0.2, 0) is 11.0 Å². The summed E-state index contributed by atoms with van der Waals surface area (Å²) in [6.45, 7) is 0. The fourth-order valence-electron chi connectivity index (χ4n) is 4.82. The number of aromatic nitrogens is 5. The van der Waals surface area contributed by atoms with Gasteiger partial charge in [-0.05, 0) is 42.7 Å². The van der Waals surface area contributed by atoms with Gasteiger partial charge in [-0.15, -0.1) is 5.10 Å². The van der Waals surface area contributed by atoms with E-state index < -0.39 is 34.7 Å². The predicted octanol–water partition coefficient (Wildman–Crippen LogP) is 6.44. The topological polar surface area (TPSA) is 104 Å². The molecule has 1 fully saturated rings. The van der Waals surface area contributed by atoms with Gasteiger partial charge in [-0.3, -0.25) is 4.98 Å². The molecule has 5 aromatic rings. The minimum atomic E-state index is -4.58. The first-order valence-corrected chi connectivity index (χ1v) is 13.2. The maximum absolute atomic E-state index is 13.9. The second-order valence-electron chi connectivity index (χ2n) is 10.2. The van der Waals surface area contributed by atoms with Crippen molar-refractivity contribution in [1.29, 1.82) is 5.26 Å². The van der Waals surface area contributed by atoms with Gasteiger partial charge in [0, 0.05) is 23.3 Å². The van der Waals surface area contributed by atoms with Crippen molar-refractivity contribution < 1.29 is 26.3 Å². The van der Waals surface area contributed by atoms with E-state index in [4.69, 9.17) is 19.4 Å². The van der Waals surface area contributed by atoms with Crippen LogP contribution in [0.25, 0.3) is 10.9 Å². The second-order valence-corrected chi connectivity index (χ2v) is 10.6. The van der Waals surface area contributed by atoms with E-state index in [1.54, 1.807) is 0 Å². The van der Waals surface area contributed by atoms with Gasteiger partial charge in [0.2, 0.25) is 5.95 Å². The molecule has 44 heavy (non-hydrogen) atoms. The molecule has 0 saturated heterocycles. The summed E-state index contributed by atoms with van der Waals surface area (Å²) in [7, 11) is 6.81. The normalized spacial score (nSPS) is 15.4. The molecule has 6 rings (SSSR count). The van der Waals surface area contributed by atoms with Crippen LogP contribution < -0.4 is 10.6 Å². The lowest BCUT2D eigenvalue weighted by atomic mass is 9.69. The Morgan fingerprint density at radius 1 is 1.00 bits per heavy atom. The lowest BCUT2D eigenvalue weighted by Gasteiger charge is -2.32. The number of rotatable bonds is 7. The van der Waals surface area contributed by atoms with E-state index in [0.717, 1.165) is 35.3 Å². The van der Waals surface area contributed by atoms with E-state index in [0.29, 0.717) is 0 Å². The van der Waals surface area contributed by atoms with Gasteiger partial charge in [0.25, 0.3) is 0 Å². The Bertz CT molecular complexity index is 1960. The van der Waals surface area contributed by atoms with Crippen LogP contribution in [-0.4, -0.2) is 39.0 Å². The van der Waals surface area contributed by atoms with Gasteiger partial charge in [0.05, 0.1) is 45.3 Å². The molecule has 3 aromatic heterocycles. The highest BCUT2D eigenvalue weighted by Crippen LogP contribution is 2.55. The van der Waals surface area contributed by atoms with Crippen LogP contribution >= 0.6 is 11.6 Å². The smallest absolute Gasteiger partial charge is 0.378 e. The molecule has 1 aliphatic carbocycles. The maximum Gasteiger partial charge on any atom is 0.413 e. The monoisotopic (exact) mass is 624 g/mol. The van der Waals surface area contributed by atoms with Crippen LogP contribution in [0, 0.1) is 28.9 Å². The molecule has 1 unspecified atom stereocenters. The summed E-state index contributed by atoms with van der Waals surface area (Å²) in [4.78, 5) is 7.57. The summed E-state index contributed by atoms with van der Waals surface area (Å²) in [5.74, 6) is -3.13. The van der Waals surface area contributed by atoms with Crippen molar-refractivity contribution in [2.75, 3.05) is 10.6 Å². The van der Waals surface area contributed by atoms with Crippen LogP contribution in [0.2, 0.25) is 5.02 Å². The average Bonchev–Trinajstić information content (AvgIpc) is 3.65. The van der Waals surface area contributed by atoms with Crippen LogP contribution in [0.15, 0.2) is 61.1 Å². The highest BCUT2D eigenvalue weighted by atomic mass is 35.5. The third kappa shape index (κ3) is 4.94. The summed E-state index contributed by atoms with van der Waals surface area (Å²) < 4.78 is 83.4. The number of alkyl halides is 3. The fourth-order valence-corrected chi connectivity index (χ4v) is 5.09. The molecule has 0 aliphatic heterocycles. The summed E-state index contributed by atoms with van der Waals surface area (Å²) >= 11 is 6.56. The molecule has 3 heterocycles. The van der Waals surface area contributed by atoms with E-state index in [9.17, 15) is 31.6 Å². The average molecular weight is 625 g/mol. The van der Waals surface area contributed by atoms with Gasteiger partial charge < -0.3 is 10.6 Å². The Morgan fingerprint density at radius 2 is 1.73 bits per heavy atom. The molecular weight excluding hydrogens is 609 g/mol. The second kappa shape index (κ2) is 10.4. The van der Waals surface area contributed by atoms with Gasteiger partial charge in [-0.1, -0.05) is 28.9 Å². The fraction of sp³-hybridized carbons (Fsp3) is 0.179. The molecule has 8 nitrogen and oxygen atoms in total. The Kier molecular flexibility index (Phi) is 6.92. The third-order valence-electron chi connectivity index (χ3n) is 7.34. The predicted molar refractivity (Wildman–Crippen MR) is 149 cm³/mol. The van der Waals surface area contributed by atoms with Crippen molar-refractivity contribution in [2.45, 2.75) is 30.0 Å². The number of nitrogens with one attached hydrogen (secondary N) is 2. The lowest BCUT2D eigenvalue weighted by molar-refractivity contribution is -0.182. The van der Waals surface area contributed by atoms with Gasteiger partial charge in [-0.2, -0.15) is 22.8 Å². The van der Waals surface area contributed by atoms with Crippen LogP contribution in [0.4, 0.5) is 43.4 Å². The molecule has 1 saturated carbocycles. The number of nitriles is 1. The number of benzene rings is 2. The van der Waals surface area contributed by atoms with Crippen molar-refractivity contribution in [2.24, 2.45) is 0 Å². The lowest BCUT2D eigenvalue weighted by Crippen LogP contribution is -2.38. The quantitative estimate of drug-likeness (QED) is 0.122. The van der Waals surface area contributed by atoms with Gasteiger partial charge in [0.1, 0.15) is 25.4 Å².